The first-order chi connectivity index (χ1) is 10.9. The molecule has 0 radical (unpaired) electrons. The average molecular weight is 320 g/mol. The highest BCUT2D eigenvalue weighted by Crippen LogP contribution is 2.23. The third-order valence-corrected chi connectivity index (χ3v) is 3.73. The molecule has 1 saturated carbocycles. The maximum atomic E-state index is 12.2. The highest BCUT2D eigenvalue weighted by Gasteiger charge is 2.26. The molecule has 1 atom stereocenters. The van der Waals surface area contributed by atoms with E-state index in [1.54, 1.807) is 24.9 Å². The Labute approximate surface area is 134 Å². The Morgan fingerprint density at radius 1 is 1.39 bits per heavy atom. The second-order valence-electron chi connectivity index (χ2n) is 5.70. The Hall–Kier alpha value is -2.48. The van der Waals surface area contributed by atoms with Gasteiger partial charge in [0.1, 0.15) is 5.69 Å². The van der Waals surface area contributed by atoms with E-state index in [-0.39, 0.29) is 29.9 Å². The molecule has 124 valence electrons. The quantitative estimate of drug-likeness (QED) is 0.579. The molecule has 1 aliphatic rings. The van der Waals surface area contributed by atoms with E-state index in [2.05, 4.69) is 10.6 Å². The van der Waals surface area contributed by atoms with E-state index >= 15 is 0 Å². The van der Waals surface area contributed by atoms with Crippen LogP contribution in [0, 0.1) is 10.1 Å². The van der Waals surface area contributed by atoms with Crippen molar-refractivity contribution >= 4 is 23.2 Å². The summed E-state index contributed by atoms with van der Waals surface area (Å²) in [6.07, 6.45) is 2.01. The van der Waals surface area contributed by atoms with Gasteiger partial charge in [0.25, 0.3) is 5.69 Å². The zero-order valence-electron chi connectivity index (χ0n) is 13.1. The molecule has 0 unspecified atom stereocenters. The summed E-state index contributed by atoms with van der Waals surface area (Å²) in [5.41, 5.74) is -0.0210. The van der Waals surface area contributed by atoms with Gasteiger partial charge in [-0.3, -0.25) is 24.6 Å². The van der Waals surface area contributed by atoms with Crippen molar-refractivity contribution in [1.82, 2.24) is 10.2 Å². The summed E-state index contributed by atoms with van der Waals surface area (Å²) < 4.78 is 0. The van der Waals surface area contributed by atoms with Crippen molar-refractivity contribution in [3.63, 3.8) is 0 Å². The monoisotopic (exact) mass is 320 g/mol. The minimum Gasteiger partial charge on any atom is -0.352 e. The van der Waals surface area contributed by atoms with Crippen molar-refractivity contribution < 1.29 is 14.5 Å². The summed E-state index contributed by atoms with van der Waals surface area (Å²) in [7, 11) is 1.66. The summed E-state index contributed by atoms with van der Waals surface area (Å²) in [6.45, 7) is 1.75. The molecule has 0 saturated heterocycles. The van der Waals surface area contributed by atoms with Gasteiger partial charge in [-0.25, -0.2) is 0 Å². The molecule has 0 heterocycles. The van der Waals surface area contributed by atoms with Gasteiger partial charge in [0, 0.05) is 12.1 Å². The van der Waals surface area contributed by atoms with E-state index in [9.17, 15) is 19.7 Å². The van der Waals surface area contributed by atoms with Crippen molar-refractivity contribution in [2.45, 2.75) is 31.8 Å². The zero-order valence-corrected chi connectivity index (χ0v) is 13.1. The number of carbonyl (C=O) groups excluding carboxylic acids is 2. The van der Waals surface area contributed by atoms with Crippen molar-refractivity contribution in [3.05, 3.63) is 34.4 Å². The Morgan fingerprint density at radius 2 is 2.04 bits per heavy atom. The number of nitro benzene ring substituents is 1. The molecule has 0 bridgehead atoms. The molecule has 1 aliphatic carbocycles. The van der Waals surface area contributed by atoms with Crippen LogP contribution >= 0.6 is 0 Å². The van der Waals surface area contributed by atoms with Crippen LogP contribution in [0.4, 0.5) is 11.4 Å². The largest absolute Gasteiger partial charge is 0.352 e. The molecule has 0 aromatic heterocycles. The number of nitro groups is 1. The van der Waals surface area contributed by atoms with Crippen LogP contribution in [0.1, 0.15) is 19.8 Å². The summed E-state index contributed by atoms with van der Waals surface area (Å²) in [5, 5.41) is 16.3. The average Bonchev–Trinajstić information content (AvgIpc) is 3.30. The maximum absolute atomic E-state index is 12.2. The highest BCUT2D eigenvalue weighted by molar-refractivity contribution is 5.96. The van der Waals surface area contributed by atoms with Gasteiger partial charge in [-0.15, -0.1) is 0 Å². The number of hydrogen-bond donors (Lipinski definition) is 2. The van der Waals surface area contributed by atoms with Crippen LogP contribution in [-0.2, 0) is 9.59 Å². The SMILES string of the molecule is C[C@H](C(=O)Nc1ccccc1[N+](=O)[O-])N(C)CC(=O)NC1CC1. The van der Waals surface area contributed by atoms with Crippen LogP contribution < -0.4 is 10.6 Å². The van der Waals surface area contributed by atoms with Gasteiger partial charge in [0.2, 0.25) is 11.8 Å². The number of rotatable bonds is 7. The summed E-state index contributed by atoms with van der Waals surface area (Å²) in [4.78, 5) is 36.0. The molecular formula is C15H20N4O4. The van der Waals surface area contributed by atoms with Crippen molar-refractivity contribution in [1.29, 1.82) is 0 Å². The predicted octanol–water partition coefficient (Wildman–Crippen LogP) is 1.13. The number of nitrogens with one attached hydrogen (secondary N) is 2. The molecule has 0 aliphatic heterocycles. The highest BCUT2D eigenvalue weighted by atomic mass is 16.6. The van der Waals surface area contributed by atoms with Gasteiger partial charge in [-0.05, 0) is 32.9 Å². The third kappa shape index (κ3) is 4.75. The third-order valence-electron chi connectivity index (χ3n) is 3.73. The van der Waals surface area contributed by atoms with Crippen LogP contribution in [0.5, 0.6) is 0 Å². The fraction of sp³-hybridized carbons (Fsp3) is 0.467. The minimum absolute atomic E-state index is 0.0992. The van der Waals surface area contributed by atoms with Crippen LogP contribution in [0.2, 0.25) is 0 Å². The molecule has 8 heteroatoms. The summed E-state index contributed by atoms with van der Waals surface area (Å²) >= 11 is 0. The molecule has 2 rings (SSSR count). The number of amides is 2. The lowest BCUT2D eigenvalue weighted by Crippen LogP contribution is -2.45. The Bertz CT molecular complexity index is 615. The lowest BCUT2D eigenvalue weighted by molar-refractivity contribution is -0.383. The van der Waals surface area contributed by atoms with Crippen LogP contribution in [-0.4, -0.2) is 47.3 Å². The Balaban J connectivity index is 1.93. The second-order valence-corrected chi connectivity index (χ2v) is 5.70. The molecule has 0 spiro atoms. The van der Waals surface area contributed by atoms with Gasteiger partial charge in [-0.2, -0.15) is 0 Å². The summed E-state index contributed by atoms with van der Waals surface area (Å²) in [5.74, 6) is -0.527. The number of hydrogen-bond acceptors (Lipinski definition) is 5. The molecule has 8 nitrogen and oxygen atoms in total. The lowest BCUT2D eigenvalue weighted by Gasteiger charge is -2.23. The number of anilines is 1. The van der Waals surface area contributed by atoms with Crippen LogP contribution in [0.15, 0.2) is 24.3 Å². The Kier molecular flexibility index (Phi) is 5.28. The normalized spacial score (nSPS) is 15.1. The molecule has 1 fully saturated rings. The van der Waals surface area contributed by atoms with E-state index < -0.39 is 16.9 Å². The minimum atomic E-state index is -0.597. The predicted molar refractivity (Wildman–Crippen MR) is 85.0 cm³/mol. The standard InChI is InChI=1S/C15H20N4O4/c1-10(18(2)9-14(20)16-11-7-8-11)15(21)17-12-5-3-4-6-13(12)19(22)23/h3-6,10-11H,7-9H2,1-2H3,(H,16,20)(H,17,21)/t10-/m1/s1. The van der Waals surface area contributed by atoms with Crippen molar-refractivity contribution in [2.75, 3.05) is 18.9 Å². The van der Waals surface area contributed by atoms with E-state index in [4.69, 9.17) is 0 Å². The lowest BCUT2D eigenvalue weighted by atomic mass is 10.2. The van der Waals surface area contributed by atoms with Crippen molar-refractivity contribution in [3.8, 4) is 0 Å². The van der Waals surface area contributed by atoms with E-state index in [1.165, 1.54) is 18.2 Å². The van der Waals surface area contributed by atoms with Crippen molar-refractivity contribution in [2.24, 2.45) is 0 Å². The molecule has 2 N–H and O–H groups in total. The first kappa shape index (κ1) is 16.9. The second kappa shape index (κ2) is 7.19. The van der Waals surface area contributed by atoms with E-state index in [1.807, 2.05) is 0 Å². The van der Waals surface area contributed by atoms with E-state index in [0.717, 1.165) is 12.8 Å². The summed E-state index contributed by atoms with van der Waals surface area (Å²) in [6, 6.07) is 5.62. The van der Waals surface area contributed by atoms with Gasteiger partial charge in [-0.1, -0.05) is 12.1 Å². The Morgan fingerprint density at radius 3 is 2.65 bits per heavy atom. The number of nitrogens with zero attached hydrogens (tertiary/aromatic N) is 2. The van der Waals surface area contributed by atoms with Gasteiger partial charge < -0.3 is 10.6 Å². The van der Waals surface area contributed by atoms with Gasteiger partial charge in [0.15, 0.2) is 0 Å². The number of carbonyl (C=O) groups is 2. The molecule has 1 aromatic rings. The topological polar surface area (TPSA) is 105 Å². The van der Waals surface area contributed by atoms with Gasteiger partial charge >= 0.3 is 0 Å². The molecule has 2 amide bonds. The fourth-order valence-corrected chi connectivity index (χ4v) is 2.04. The fourth-order valence-electron chi connectivity index (χ4n) is 2.04. The number of benzene rings is 1. The molecule has 23 heavy (non-hydrogen) atoms. The molecule has 1 aromatic carbocycles. The maximum Gasteiger partial charge on any atom is 0.292 e. The first-order valence-electron chi connectivity index (χ1n) is 7.42. The first-order valence-corrected chi connectivity index (χ1v) is 7.42. The molecular weight excluding hydrogens is 300 g/mol. The zero-order chi connectivity index (χ0) is 17.0. The number of likely N-dealkylation sites (N-methyl/N-ethyl adjacent to an activating group) is 1. The van der Waals surface area contributed by atoms with Gasteiger partial charge in [0.05, 0.1) is 17.5 Å². The number of para-hydroxylation sites is 2. The smallest absolute Gasteiger partial charge is 0.292 e. The van der Waals surface area contributed by atoms with Crippen LogP contribution in [0.25, 0.3) is 0 Å². The van der Waals surface area contributed by atoms with E-state index in [0.29, 0.717) is 0 Å². The van der Waals surface area contributed by atoms with Crippen LogP contribution in [0.3, 0.4) is 0 Å².